The van der Waals surface area contributed by atoms with Crippen LogP contribution in [0.1, 0.15) is 13.3 Å². The van der Waals surface area contributed by atoms with Crippen molar-refractivity contribution in [2.24, 2.45) is 0 Å². The number of aliphatic hydroxyl groups is 1. The van der Waals surface area contributed by atoms with Crippen molar-refractivity contribution in [2.75, 3.05) is 20.3 Å². The van der Waals surface area contributed by atoms with Crippen molar-refractivity contribution in [1.82, 2.24) is 4.72 Å². The molecule has 1 fully saturated rings. The summed E-state index contributed by atoms with van der Waals surface area (Å²) in [5, 5.41) is 10.4. The van der Waals surface area contributed by atoms with Gasteiger partial charge in [0.25, 0.3) is 0 Å². The Morgan fingerprint density at radius 2 is 2.29 bits per heavy atom. The topological polar surface area (TPSA) is 84.9 Å². The smallest absolute Gasteiger partial charge is 0.244 e. The van der Waals surface area contributed by atoms with E-state index in [1.807, 2.05) is 0 Å². The van der Waals surface area contributed by atoms with Crippen LogP contribution in [0, 0.1) is 0 Å². The molecule has 0 aliphatic carbocycles. The molecule has 8 heteroatoms. The van der Waals surface area contributed by atoms with Gasteiger partial charge in [-0.2, -0.15) is 0 Å². The molecule has 0 spiro atoms. The van der Waals surface area contributed by atoms with E-state index in [1.165, 1.54) is 13.2 Å². The quantitative estimate of drug-likeness (QED) is 0.804. The molecule has 1 aromatic rings. The number of sulfonamides is 1. The van der Waals surface area contributed by atoms with Gasteiger partial charge < -0.3 is 14.6 Å². The maximum absolute atomic E-state index is 12.4. The molecule has 6 nitrogen and oxygen atoms in total. The Morgan fingerprint density at radius 3 is 2.86 bits per heavy atom. The Balaban J connectivity index is 2.21. The van der Waals surface area contributed by atoms with E-state index in [0.717, 1.165) is 0 Å². The first kappa shape index (κ1) is 16.7. The van der Waals surface area contributed by atoms with Gasteiger partial charge in [0.15, 0.2) is 0 Å². The number of nitrogens with one attached hydrogen (secondary N) is 1. The minimum Gasteiger partial charge on any atom is -0.495 e. The first-order chi connectivity index (χ1) is 9.78. The van der Waals surface area contributed by atoms with Gasteiger partial charge in [-0.25, -0.2) is 13.1 Å². The summed E-state index contributed by atoms with van der Waals surface area (Å²) in [6.07, 6.45) is -0.0173. The van der Waals surface area contributed by atoms with Crippen LogP contribution in [0.2, 0.25) is 0 Å². The van der Waals surface area contributed by atoms with Gasteiger partial charge >= 0.3 is 0 Å². The minimum atomic E-state index is -3.80. The number of methoxy groups -OCH3 is 1. The van der Waals surface area contributed by atoms with Crippen molar-refractivity contribution in [3.05, 3.63) is 22.7 Å². The van der Waals surface area contributed by atoms with E-state index in [1.54, 1.807) is 19.1 Å². The molecule has 1 aliphatic rings. The van der Waals surface area contributed by atoms with Gasteiger partial charge in [-0.15, -0.1) is 0 Å². The number of benzene rings is 1. The lowest BCUT2D eigenvalue weighted by molar-refractivity contribution is -0.0228. The fourth-order valence-electron chi connectivity index (χ4n) is 2.16. The first-order valence-corrected chi connectivity index (χ1v) is 8.73. The third-order valence-corrected chi connectivity index (χ3v) is 5.56. The van der Waals surface area contributed by atoms with E-state index in [9.17, 15) is 13.5 Å². The molecule has 2 unspecified atom stereocenters. The molecule has 1 aromatic carbocycles. The third kappa shape index (κ3) is 3.57. The molecular weight excluding hydrogens is 362 g/mol. The molecule has 1 heterocycles. The Labute approximate surface area is 132 Å². The number of hydrogen-bond acceptors (Lipinski definition) is 5. The molecule has 1 aliphatic heterocycles. The third-order valence-electron chi connectivity index (χ3n) is 3.64. The van der Waals surface area contributed by atoms with Crippen LogP contribution in [0.15, 0.2) is 27.6 Å². The van der Waals surface area contributed by atoms with Crippen molar-refractivity contribution in [1.29, 1.82) is 0 Å². The van der Waals surface area contributed by atoms with E-state index in [4.69, 9.17) is 9.47 Å². The summed E-state index contributed by atoms with van der Waals surface area (Å²) in [4.78, 5) is 0.0227. The van der Waals surface area contributed by atoms with Crippen LogP contribution in [-0.2, 0) is 14.8 Å². The zero-order valence-corrected chi connectivity index (χ0v) is 14.2. The van der Waals surface area contributed by atoms with E-state index in [2.05, 4.69) is 20.7 Å². The number of hydrogen-bond donors (Lipinski definition) is 2. The largest absolute Gasteiger partial charge is 0.495 e. The second-order valence-corrected chi connectivity index (χ2v) is 7.64. The minimum absolute atomic E-state index is 0.0227. The molecule has 0 amide bonds. The second-order valence-electron chi connectivity index (χ2n) is 4.99. The molecule has 21 heavy (non-hydrogen) atoms. The lowest BCUT2D eigenvalue weighted by Gasteiger charge is -2.26. The van der Waals surface area contributed by atoms with Crippen molar-refractivity contribution >= 4 is 26.0 Å². The maximum atomic E-state index is 12.4. The highest BCUT2D eigenvalue weighted by Gasteiger charge is 2.40. The van der Waals surface area contributed by atoms with Crippen LogP contribution in [0.4, 0.5) is 0 Å². The maximum Gasteiger partial charge on any atom is 0.244 e. The molecule has 118 valence electrons. The summed E-state index contributed by atoms with van der Waals surface area (Å²) in [5.41, 5.74) is -1.19. The first-order valence-electron chi connectivity index (χ1n) is 6.46. The van der Waals surface area contributed by atoms with Crippen LogP contribution in [0.25, 0.3) is 0 Å². The average molecular weight is 380 g/mol. The molecule has 0 aromatic heterocycles. The van der Waals surface area contributed by atoms with E-state index < -0.39 is 21.7 Å². The van der Waals surface area contributed by atoms with Crippen LogP contribution in [-0.4, -0.2) is 45.5 Å². The number of ether oxygens (including phenoxy) is 2. The molecule has 2 N–H and O–H groups in total. The van der Waals surface area contributed by atoms with Gasteiger partial charge in [0, 0.05) is 24.0 Å². The number of rotatable bonds is 5. The monoisotopic (exact) mass is 379 g/mol. The second kappa shape index (κ2) is 6.21. The highest BCUT2D eigenvalue weighted by Crippen LogP contribution is 2.29. The molecule has 0 bridgehead atoms. The fourth-order valence-corrected chi connectivity index (χ4v) is 3.97. The summed E-state index contributed by atoms with van der Waals surface area (Å²) in [6, 6.07) is 4.72. The molecule has 2 atom stereocenters. The van der Waals surface area contributed by atoms with Gasteiger partial charge in [-0.3, -0.25) is 0 Å². The standard InChI is InChI=1S/C13H18BrNO5S/c1-9-13(16,5-6-20-9)8-15-21(17,18)12-7-10(14)3-4-11(12)19-2/h3-4,7,9,15-16H,5-6,8H2,1-2H3. The van der Waals surface area contributed by atoms with Crippen molar-refractivity contribution in [3.8, 4) is 5.75 Å². The summed E-state index contributed by atoms with van der Waals surface area (Å²) in [5.74, 6) is 0.244. The van der Waals surface area contributed by atoms with Crippen LogP contribution >= 0.6 is 15.9 Å². The van der Waals surface area contributed by atoms with Crippen LogP contribution < -0.4 is 9.46 Å². The summed E-state index contributed by atoms with van der Waals surface area (Å²) in [6.45, 7) is 2.03. The zero-order valence-electron chi connectivity index (χ0n) is 11.8. The summed E-state index contributed by atoms with van der Waals surface area (Å²) < 4.78 is 38.2. The van der Waals surface area contributed by atoms with Gasteiger partial charge in [0.2, 0.25) is 10.0 Å². The van der Waals surface area contributed by atoms with Crippen molar-refractivity contribution in [3.63, 3.8) is 0 Å². The average Bonchev–Trinajstić information content (AvgIpc) is 2.77. The highest BCUT2D eigenvalue weighted by atomic mass is 79.9. The Bertz CT molecular complexity index is 621. The van der Waals surface area contributed by atoms with Gasteiger partial charge in [0.05, 0.1) is 13.2 Å². The van der Waals surface area contributed by atoms with Crippen molar-refractivity contribution in [2.45, 2.75) is 29.9 Å². The molecular formula is C13H18BrNO5S. The normalized spacial score (nSPS) is 26.0. The molecule has 0 radical (unpaired) electrons. The van der Waals surface area contributed by atoms with Gasteiger partial charge in [0.1, 0.15) is 16.2 Å². The fraction of sp³-hybridized carbons (Fsp3) is 0.538. The molecule has 2 rings (SSSR count). The lowest BCUT2D eigenvalue weighted by atomic mass is 9.97. The van der Waals surface area contributed by atoms with Crippen LogP contribution in [0.3, 0.4) is 0 Å². The number of halogens is 1. The molecule has 0 saturated carbocycles. The summed E-state index contributed by atoms with van der Waals surface area (Å²) >= 11 is 3.24. The molecule has 1 saturated heterocycles. The van der Waals surface area contributed by atoms with E-state index in [0.29, 0.717) is 17.5 Å². The van der Waals surface area contributed by atoms with Crippen LogP contribution in [0.5, 0.6) is 5.75 Å². The predicted octanol–water partition coefficient (Wildman–Crippen LogP) is 1.28. The lowest BCUT2D eigenvalue weighted by Crippen LogP contribution is -2.47. The SMILES string of the molecule is COc1ccc(Br)cc1S(=O)(=O)NCC1(O)CCOC1C. The predicted molar refractivity (Wildman–Crippen MR) is 80.9 cm³/mol. The van der Waals surface area contributed by atoms with Gasteiger partial charge in [-0.05, 0) is 25.1 Å². The van der Waals surface area contributed by atoms with E-state index in [-0.39, 0.29) is 17.2 Å². The summed E-state index contributed by atoms with van der Waals surface area (Å²) in [7, 11) is -2.39. The van der Waals surface area contributed by atoms with Gasteiger partial charge in [-0.1, -0.05) is 15.9 Å². The Morgan fingerprint density at radius 1 is 1.57 bits per heavy atom. The Kier molecular flexibility index (Phi) is 4.94. The highest BCUT2D eigenvalue weighted by molar-refractivity contribution is 9.10. The zero-order chi connectivity index (χ0) is 15.7. The van der Waals surface area contributed by atoms with Crippen molar-refractivity contribution < 1.29 is 23.0 Å². The van der Waals surface area contributed by atoms with E-state index >= 15 is 0 Å². The Hall–Kier alpha value is -0.670.